The van der Waals surface area contributed by atoms with Crippen molar-refractivity contribution in [3.8, 4) is 0 Å². The molecule has 2 unspecified atom stereocenters. The molecule has 2 heterocycles. The minimum absolute atomic E-state index is 0.0869. The summed E-state index contributed by atoms with van der Waals surface area (Å²) >= 11 is 1.10. The lowest BCUT2D eigenvalue weighted by molar-refractivity contribution is -0.384. The number of esters is 1. The Balaban J connectivity index is 1.42. The summed E-state index contributed by atoms with van der Waals surface area (Å²) in [6, 6.07) is 10.1. The molecule has 2 aliphatic rings. The van der Waals surface area contributed by atoms with Crippen LogP contribution < -0.4 is 10.6 Å². The van der Waals surface area contributed by atoms with Gasteiger partial charge in [0.2, 0.25) is 11.8 Å². The number of Topliss-reactive ketones (excluding diaryl/α,β-unsaturated/α-hetero) is 1. The van der Waals surface area contributed by atoms with E-state index in [4.69, 9.17) is 9.47 Å². The number of hydrogen-bond acceptors (Lipinski definition) is 10. The van der Waals surface area contributed by atoms with Crippen LogP contribution in [-0.4, -0.2) is 68.3 Å². The normalized spacial score (nSPS) is 20.7. The van der Waals surface area contributed by atoms with E-state index in [1.165, 1.54) is 24.3 Å². The number of nitro benzene ring substituents is 1. The van der Waals surface area contributed by atoms with Crippen LogP contribution in [0, 0.1) is 10.1 Å². The SMILES string of the molecule is CC(C)(C)OC(=O)NC(C(=O)N[C@@H]1C(=O)N2C(C(=O)OCc3ccc([N+](=O)[O-])cc3)C(=O)CS[C@@H]12)c1ccccc1. The van der Waals surface area contributed by atoms with Gasteiger partial charge in [-0.05, 0) is 44.0 Å². The van der Waals surface area contributed by atoms with Gasteiger partial charge in [0, 0.05) is 12.1 Å². The van der Waals surface area contributed by atoms with Crippen molar-refractivity contribution in [3.63, 3.8) is 0 Å². The molecule has 2 fully saturated rings. The zero-order valence-corrected chi connectivity index (χ0v) is 23.2. The van der Waals surface area contributed by atoms with Crippen LogP contribution in [0.15, 0.2) is 54.6 Å². The second-order valence-electron chi connectivity index (χ2n) is 10.3. The van der Waals surface area contributed by atoms with Crippen LogP contribution in [-0.2, 0) is 35.3 Å². The van der Waals surface area contributed by atoms with E-state index in [1.54, 1.807) is 51.1 Å². The molecule has 0 bridgehead atoms. The van der Waals surface area contributed by atoms with Crippen molar-refractivity contribution >= 4 is 47.1 Å². The van der Waals surface area contributed by atoms with Gasteiger partial charge in [-0.25, -0.2) is 9.59 Å². The van der Waals surface area contributed by atoms with E-state index in [9.17, 15) is 34.1 Å². The quantitative estimate of drug-likeness (QED) is 0.154. The predicted molar refractivity (Wildman–Crippen MR) is 145 cm³/mol. The number of alkyl carbamates (subject to hydrolysis) is 1. The minimum atomic E-state index is -1.48. The van der Waals surface area contributed by atoms with Crippen molar-refractivity contribution in [3.05, 3.63) is 75.8 Å². The first-order valence-corrected chi connectivity index (χ1v) is 13.6. The number of fused-ring (bicyclic) bond motifs is 1. The molecule has 41 heavy (non-hydrogen) atoms. The average molecular weight is 585 g/mol. The summed E-state index contributed by atoms with van der Waals surface area (Å²) in [5.41, 5.74) is -0.0154. The van der Waals surface area contributed by atoms with E-state index < -0.39 is 63.7 Å². The lowest BCUT2D eigenvalue weighted by Crippen LogP contribution is -2.76. The number of thioether (sulfide) groups is 1. The fourth-order valence-electron chi connectivity index (χ4n) is 4.27. The maximum absolute atomic E-state index is 13.3. The summed E-state index contributed by atoms with van der Waals surface area (Å²) in [5.74, 6) is -2.87. The molecule has 0 saturated carbocycles. The van der Waals surface area contributed by atoms with E-state index in [2.05, 4.69) is 10.6 Å². The number of carbonyl (C=O) groups excluding carboxylic acids is 5. The van der Waals surface area contributed by atoms with Crippen LogP contribution in [0.3, 0.4) is 0 Å². The summed E-state index contributed by atoms with van der Waals surface area (Å²) in [4.78, 5) is 75.7. The van der Waals surface area contributed by atoms with Crippen LogP contribution in [0.4, 0.5) is 10.5 Å². The summed E-state index contributed by atoms with van der Waals surface area (Å²) in [6.45, 7) is 4.79. The number of amides is 3. The maximum Gasteiger partial charge on any atom is 0.408 e. The Morgan fingerprint density at radius 2 is 1.76 bits per heavy atom. The summed E-state index contributed by atoms with van der Waals surface area (Å²) in [6.07, 6.45) is -0.823. The van der Waals surface area contributed by atoms with Gasteiger partial charge in [0.15, 0.2) is 11.8 Å². The second-order valence-corrected chi connectivity index (χ2v) is 11.4. The molecule has 0 aromatic heterocycles. The zero-order chi connectivity index (χ0) is 29.9. The van der Waals surface area contributed by atoms with Gasteiger partial charge in [-0.3, -0.25) is 24.5 Å². The third-order valence-electron chi connectivity index (χ3n) is 6.16. The van der Waals surface area contributed by atoms with Gasteiger partial charge in [0.25, 0.3) is 5.69 Å². The molecule has 2 aromatic rings. The van der Waals surface area contributed by atoms with E-state index in [-0.39, 0.29) is 18.0 Å². The molecule has 0 aliphatic carbocycles. The number of rotatable bonds is 8. The Bertz CT molecular complexity index is 1360. The Hall–Kier alpha value is -4.46. The molecule has 2 aliphatic heterocycles. The number of β-lactam (4-membered cyclic amide) rings is 1. The number of ether oxygens (including phenoxy) is 2. The third kappa shape index (κ3) is 6.82. The Kier molecular flexibility index (Phi) is 8.61. The largest absolute Gasteiger partial charge is 0.459 e. The molecule has 4 rings (SSSR count). The van der Waals surface area contributed by atoms with E-state index in [1.807, 2.05) is 0 Å². The molecule has 4 atom stereocenters. The number of nitrogens with one attached hydrogen (secondary N) is 2. The highest BCUT2D eigenvalue weighted by Gasteiger charge is 2.58. The van der Waals surface area contributed by atoms with Crippen molar-refractivity contribution in [2.45, 2.75) is 56.5 Å². The first kappa shape index (κ1) is 29.5. The number of hydrogen-bond donors (Lipinski definition) is 2. The van der Waals surface area contributed by atoms with Crippen LogP contribution in [0.25, 0.3) is 0 Å². The first-order valence-electron chi connectivity index (χ1n) is 12.6. The molecule has 216 valence electrons. The van der Waals surface area contributed by atoms with E-state index in [0.717, 1.165) is 16.7 Å². The molecule has 3 amide bonds. The predicted octanol–water partition coefficient (Wildman–Crippen LogP) is 2.24. The maximum atomic E-state index is 13.3. The van der Waals surface area contributed by atoms with Crippen molar-refractivity contribution in [2.75, 3.05) is 5.75 Å². The van der Waals surface area contributed by atoms with E-state index in [0.29, 0.717) is 11.1 Å². The van der Waals surface area contributed by atoms with Crippen LogP contribution in [0.5, 0.6) is 0 Å². The van der Waals surface area contributed by atoms with Gasteiger partial charge in [0.05, 0.1) is 10.7 Å². The van der Waals surface area contributed by atoms with Crippen LogP contribution in [0.1, 0.15) is 37.9 Å². The summed E-state index contributed by atoms with van der Waals surface area (Å²) in [7, 11) is 0. The number of nitro groups is 1. The highest BCUT2D eigenvalue weighted by atomic mass is 32.2. The molecular formula is C27H28N4O9S. The van der Waals surface area contributed by atoms with Gasteiger partial charge in [-0.2, -0.15) is 0 Å². The molecule has 2 saturated heterocycles. The number of ketones is 1. The zero-order valence-electron chi connectivity index (χ0n) is 22.4. The molecule has 14 heteroatoms. The fraction of sp³-hybridized carbons (Fsp3) is 0.370. The van der Waals surface area contributed by atoms with Gasteiger partial charge in [-0.1, -0.05) is 30.3 Å². The highest BCUT2D eigenvalue weighted by molar-refractivity contribution is 8.00. The number of non-ortho nitro benzene ring substituents is 1. The summed E-state index contributed by atoms with van der Waals surface area (Å²) < 4.78 is 10.5. The second kappa shape index (κ2) is 12.0. The molecular weight excluding hydrogens is 556 g/mol. The standard InChI is InChI=1S/C27H28N4O9S/c1-27(2,3)40-26(36)29-19(16-7-5-4-6-8-16)22(33)28-20-23(34)30-21(18(32)14-41-24(20)30)25(35)39-13-15-9-11-17(12-10-15)31(37)38/h4-12,19-21,24H,13-14H2,1-3H3,(H,28,33)(H,29,36)/t19?,20-,21?,24+/m1/s1. The third-order valence-corrected chi connectivity index (χ3v) is 7.46. The topological polar surface area (TPSA) is 174 Å². The lowest BCUT2D eigenvalue weighted by Gasteiger charge is -2.51. The molecule has 2 aromatic carbocycles. The van der Waals surface area contributed by atoms with Crippen molar-refractivity contribution in [2.24, 2.45) is 0 Å². The molecule has 0 spiro atoms. The van der Waals surface area contributed by atoms with Crippen LogP contribution >= 0.6 is 11.8 Å². The Labute approximate surface area is 239 Å². The van der Waals surface area contributed by atoms with Gasteiger partial charge < -0.3 is 25.0 Å². The lowest BCUT2D eigenvalue weighted by atomic mass is 9.99. The summed E-state index contributed by atoms with van der Waals surface area (Å²) in [5, 5.41) is 15.3. The smallest absolute Gasteiger partial charge is 0.408 e. The highest BCUT2D eigenvalue weighted by Crippen LogP contribution is 2.37. The fourth-order valence-corrected chi connectivity index (χ4v) is 5.53. The average Bonchev–Trinajstić information content (AvgIpc) is 2.92. The van der Waals surface area contributed by atoms with Crippen molar-refractivity contribution in [1.82, 2.24) is 15.5 Å². The van der Waals surface area contributed by atoms with Gasteiger partial charge >= 0.3 is 12.1 Å². The Morgan fingerprint density at radius 3 is 2.37 bits per heavy atom. The Morgan fingerprint density at radius 1 is 1.10 bits per heavy atom. The van der Waals surface area contributed by atoms with Gasteiger partial charge in [-0.15, -0.1) is 11.8 Å². The minimum Gasteiger partial charge on any atom is -0.459 e. The first-order chi connectivity index (χ1) is 19.4. The molecule has 2 N–H and O–H groups in total. The number of carbonyl (C=O) groups is 5. The monoisotopic (exact) mass is 584 g/mol. The molecule has 0 radical (unpaired) electrons. The molecule has 13 nitrogen and oxygen atoms in total. The van der Waals surface area contributed by atoms with E-state index >= 15 is 0 Å². The number of benzene rings is 2. The van der Waals surface area contributed by atoms with Crippen molar-refractivity contribution in [1.29, 1.82) is 0 Å². The van der Waals surface area contributed by atoms with Crippen LogP contribution in [0.2, 0.25) is 0 Å². The van der Waals surface area contributed by atoms with Crippen molar-refractivity contribution < 1.29 is 38.4 Å². The number of nitrogens with zero attached hydrogens (tertiary/aromatic N) is 2. The van der Waals surface area contributed by atoms with Gasteiger partial charge in [0.1, 0.15) is 29.7 Å².